The highest BCUT2D eigenvalue weighted by Crippen LogP contribution is 2.15. The first-order valence-corrected chi connectivity index (χ1v) is 3.84. The third-order valence-electron chi connectivity index (χ3n) is 1.88. The van der Waals surface area contributed by atoms with Crippen LogP contribution in [0.4, 0.5) is 11.9 Å². The maximum atomic E-state index is 5.62. The van der Waals surface area contributed by atoms with Crippen molar-refractivity contribution in [3.8, 4) is 0 Å². The van der Waals surface area contributed by atoms with E-state index in [-0.39, 0.29) is 5.95 Å². The van der Waals surface area contributed by atoms with Crippen LogP contribution in [0.5, 0.6) is 0 Å². The maximum Gasteiger partial charge on any atom is 0.238 e. The van der Waals surface area contributed by atoms with Gasteiger partial charge in [-0.05, 0) is 13.8 Å². The summed E-state index contributed by atoms with van der Waals surface area (Å²) in [6.45, 7) is 3.71. The van der Waals surface area contributed by atoms with Crippen LogP contribution in [0.1, 0.15) is 11.4 Å². The summed E-state index contributed by atoms with van der Waals surface area (Å²) >= 11 is 0. The van der Waals surface area contributed by atoms with Gasteiger partial charge in [0, 0.05) is 0 Å². The third-order valence-corrected chi connectivity index (χ3v) is 1.88. The van der Waals surface area contributed by atoms with E-state index in [1.165, 1.54) is 4.52 Å². The largest absolute Gasteiger partial charge is 0.368 e. The lowest BCUT2D eigenvalue weighted by atomic mass is 10.3. The number of nitrogens with two attached hydrogens (primary N) is 2. The molecular weight excluding hydrogens is 168 g/mol. The fraction of sp³-hybridized carbons (Fsp3) is 0.286. The molecule has 6 nitrogen and oxygen atoms in total. The summed E-state index contributed by atoms with van der Waals surface area (Å²) in [5.41, 5.74) is 13.5. The summed E-state index contributed by atoms with van der Waals surface area (Å²) in [5.74, 6) is 0.541. The van der Waals surface area contributed by atoms with E-state index in [9.17, 15) is 0 Å². The van der Waals surface area contributed by atoms with Crippen LogP contribution < -0.4 is 11.5 Å². The zero-order chi connectivity index (χ0) is 9.59. The van der Waals surface area contributed by atoms with Crippen molar-refractivity contribution in [1.82, 2.24) is 19.6 Å². The van der Waals surface area contributed by atoms with Crippen LogP contribution in [0.15, 0.2) is 0 Å². The van der Waals surface area contributed by atoms with Crippen LogP contribution in [0, 0.1) is 13.8 Å². The molecule has 0 atom stereocenters. The normalized spacial score (nSPS) is 10.9. The van der Waals surface area contributed by atoms with Crippen LogP contribution in [0.3, 0.4) is 0 Å². The molecule has 0 saturated heterocycles. The maximum absolute atomic E-state index is 5.62. The standard InChI is InChI=1S/C7H10N6/c1-3-5-4(2)11-7(9)13(5)12-6(8)10-3/h1-2H3,(H2,8,12)(H2,9,11). The molecule has 0 aliphatic carbocycles. The minimum Gasteiger partial charge on any atom is -0.368 e. The van der Waals surface area contributed by atoms with E-state index in [4.69, 9.17) is 11.5 Å². The van der Waals surface area contributed by atoms with E-state index >= 15 is 0 Å². The molecule has 0 spiro atoms. The molecule has 0 aromatic carbocycles. The second-order valence-corrected chi connectivity index (χ2v) is 2.87. The molecule has 0 radical (unpaired) electrons. The number of fused-ring (bicyclic) bond motifs is 1. The number of anilines is 2. The molecule has 2 rings (SSSR count). The summed E-state index contributed by atoms with van der Waals surface area (Å²) in [7, 11) is 0. The van der Waals surface area contributed by atoms with Crippen LogP contribution in [-0.2, 0) is 0 Å². The van der Waals surface area contributed by atoms with Gasteiger partial charge in [-0.25, -0.2) is 9.97 Å². The van der Waals surface area contributed by atoms with Gasteiger partial charge in [0.05, 0.1) is 11.4 Å². The van der Waals surface area contributed by atoms with Gasteiger partial charge < -0.3 is 11.5 Å². The summed E-state index contributed by atoms with van der Waals surface area (Å²) in [5, 5.41) is 3.95. The van der Waals surface area contributed by atoms with Gasteiger partial charge in [0.1, 0.15) is 5.52 Å². The molecule has 0 saturated carbocycles. The number of hydrogen-bond acceptors (Lipinski definition) is 5. The highest BCUT2D eigenvalue weighted by Gasteiger charge is 2.10. The molecule has 68 valence electrons. The number of imidazole rings is 1. The Bertz CT molecular complexity index is 471. The SMILES string of the molecule is Cc1nc(N)nn2c(N)nc(C)c12. The van der Waals surface area contributed by atoms with E-state index in [2.05, 4.69) is 15.1 Å². The molecule has 4 N–H and O–H groups in total. The highest BCUT2D eigenvalue weighted by molar-refractivity contribution is 5.59. The van der Waals surface area contributed by atoms with E-state index in [1.54, 1.807) is 0 Å². The number of rotatable bonds is 0. The second-order valence-electron chi connectivity index (χ2n) is 2.87. The van der Waals surface area contributed by atoms with Crippen molar-refractivity contribution in [3.63, 3.8) is 0 Å². The first-order valence-electron chi connectivity index (χ1n) is 3.84. The first kappa shape index (κ1) is 7.78. The summed E-state index contributed by atoms with van der Waals surface area (Å²) < 4.78 is 1.51. The molecule has 6 heteroatoms. The van der Waals surface area contributed by atoms with Gasteiger partial charge in [0.15, 0.2) is 0 Å². The summed E-state index contributed by atoms with van der Waals surface area (Å²) in [6.07, 6.45) is 0. The molecular formula is C7H10N6. The van der Waals surface area contributed by atoms with Crippen LogP contribution >= 0.6 is 0 Å². The first-order chi connectivity index (χ1) is 6.09. The van der Waals surface area contributed by atoms with Crippen molar-refractivity contribution in [2.24, 2.45) is 0 Å². The molecule has 0 bridgehead atoms. The molecule has 2 heterocycles. The average Bonchev–Trinajstić information content (AvgIpc) is 2.27. The van der Waals surface area contributed by atoms with Gasteiger partial charge in [-0.3, -0.25) is 0 Å². The lowest BCUT2D eigenvalue weighted by Crippen LogP contribution is -2.05. The quantitative estimate of drug-likeness (QED) is 0.587. The molecule has 2 aromatic rings. The predicted molar refractivity (Wildman–Crippen MR) is 49.1 cm³/mol. The van der Waals surface area contributed by atoms with Gasteiger partial charge in [-0.15, -0.1) is 5.10 Å². The number of aromatic nitrogens is 4. The Morgan fingerprint density at radius 2 is 1.69 bits per heavy atom. The van der Waals surface area contributed by atoms with Crippen molar-refractivity contribution >= 4 is 17.4 Å². The van der Waals surface area contributed by atoms with Gasteiger partial charge in [-0.2, -0.15) is 4.52 Å². The van der Waals surface area contributed by atoms with Gasteiger partial charge in [0.2, 0.25) is 11.9 Å². The zero-order valence-electron chi connectivity index (χ0n) is 7.44. The topological polar surface area (TPSA) is 95.1 Å². The second kappa shape index (κ2) is 2.32. The van der Waals surface area contributed by atoms with Crippen LogP contribution in [-0.4, -0.2) is 19.6 Å². The van der Waals surface area contributed by atoms with E-state index in [1.807, 2.05) is 13.8 Å². The number of nitrogens with zero attached hydrogens (tertiary/aromatic N) is 4. The molecule has 0 unspecified atom stereocenters. The Hall–Kier alpha value is -1.85. The highest BCUT2D eigenvalue weighted by atomic mass is 15.3. The molecule has 0 amide bonds. The molecule has 0 aliphatic heterocycles. The van der Waals surface area contributed by atoms with Crippen LogP contribution in [0.25, 0.3) is 5.52 Å². The monoisotopic (exact) mass is 178 g/mol. The third kappa shape index (κ3) is 0.986. The van der Waals surface area contributed by atoms with Crippen molar-refractivity contribution in [2.75, 3.05) is 11.5 Å². The predicted octanol–water partition coefficient (Wildman–Crippen LogP) is -0.0945. The number of hydrogen-bond donors (Lipinski definition) is 2. The van der Waals surface area contributed by atoms with Crippen LogP contribution in [0.2, 0.25) is 0 Å². The van der Waals surface area contributed by atoms with Gasteiger partial charge in [-0.1, -0.05) is 0 Å². The van der Waals surface area contributed by atoms with E-state index in [0.29, 0.717) is 5.95 Å². The fourth-order valence-corrected chi connectivity index (χ4v) is 1.41. The zero-order valence-corrected chi connectivity index (χ0v) is 7.44. The number of aryl methyl sites for hydroxylation is 2. The lowest BCUT2D eigenvalue weighted by molar-refractivity contribution is 0.903. The minimum absolute atomic E-state index is 0.203. The van der Waals surface area contributed by atoms with E-state index < -0.39 is 0 Å². The fourth-order valence-electron chi connectivity index (χ4n) is 1.41. The number of nitrogen functional groups attached to an aromatic ring is 2. The molecule has 0 fully saturated rings. The van der Waals surface area contributed by atoms with Crippen molar-refractivity contribution in [1.29, 1.82) is 0 Å². The Balaban J connectivity index is 2.97. The molecule has 13 heavy (non-hydrogen) atoms. The average molecular weight is 178 g/mol. The Labute approximate surface area is 74.6 Å². The Kier molecular flexibility index (Phi) is 1.39. The van der Waals surface area contributed by atoms with Crippen molar-refractivity contribution in [2.45, 2.75) is 13.8 Å². The molecule has 0 aliphatic rings. The Morgan fingerprint density at radius 3 is 2.38 bits per heavy atom. The van der Waals surface area contributed by atoms with Gasteiger partial charge in [0.25, 0.3) is 0 Å². The summed E-state index contributed by atoms with van der Waals surface area (Å²) in [4.78, 5) is 8.10. The van der Waals surface area contributed by atoms with Gasteiger partial charge >= 0.3 is 0 Å². The smallest absolute Gasteiger partial charge is 0.238 e. The Morgan fingerprint density at radius 1 is 1.08 bits per heavy atom. The van der Waals surface area contributed by atoms with E-state index in [0.717, 1.165) is 16.9 Å². The minimum atomic E-state index is 0.203. The lowest BCUT2D eigenvalue weighted by Gasteiger charge is -1.99. The summed E-state index contributed by atoms with van der Waals surface area (Å²) in [6, 6.07) is 0. The molecule has 2 aromatic heterocycles. The van der Waals surface area contributed by atoms with Crippen molar-refractivity contribution < 1.29 is 0 Å². The van der Waals surface area contributed by atoms with Crippen molar-refractivity contribution in [3.05, 3.63) is 11.4 Å².